The van der Waals surface area contributed by atoms with Gasteiger partial charge in [0.25, 0.3) is 11.7 Å². The number of ketones is 1. The number of rotatable bonds is 8. The predicted octanol–water partition coefficient (Wildman–Crippen LogP) is 3.46. The molecule has 0 saturated carbocycles. The Morgan fingerprint density at radius 1 is 1.10 bits per heavy atom. The molecule has 1 N–H and O–H groups in total. The minimum atomic E-state index is -0.671. The normalized spacial score (nSPS) is 18.3. The van der Waals surface area contributed by atoms with Crippen molar-refractivity contribution in [3.8, 4) is 5.75 Å². The first-order chi connectivity index (χ1) is 14.4. The molecule has 1 aliphatic heterocycles. The number of aliphatic hydroxyl groups is 1. The van der Waals surface area contributed by atoms with E-state index in [1.807, 2.05) is 56.3 Å². The van der Waals surface area contributed by atoms with Crippen molar-refractivity contribution in [3.05, 3.63) is 71.3 Å². The van der Waals surface area contributed by atoms with E-state index in [0.717, 1.165) is 12.0 Å². The zero-order valence-electron chi connectivity index (χ0n) is 17.7. The summed E-state index contributed by atoms with van der Waals surface area (Å²) in [4.78, 5) is 29.3. The number of ether oxygens (including phenoxy) is 1. The summed E-state index contributed by atoms with van der Waals surface area (Å²) in [5.41, 5.74) is 1.35. The third-order valence-electron chi connectivity index (χ3n) is 5.02. The molecule has 0 aromatic heterocycles. The highest BCUT2D eigenvalue weighted by molar-refractivity contribution is 6.46. The van der Waals surface area contributed by atoms with Gasteiger partial charge in [0, 0.05) is 18.7 Å². The highest BCUT2D eigenvalue weighted by Gasteiger charge is 2.45. The zero-order valence-corrected chi connectivity index (χ0v) is 17.7. The van der Waals surface area contributed by atoms with Crippen molar-refractivity contribution in [1.29, 1.82) is 0 Å². The lowest BCUT2D eigenvalue weighted by Crippen LogP contribution is -2.35. The first kappa shape index (κ1) is 21.6. The second kappa shape index (κ2) is 9.59. The average molecular weight is 408 g/mol. The van der Waals surface area contributed by atoms with Gasteiger partial charge in [-0.3, -0.25) is 9.59 Å². The van der Waals surface area contributed by atoms with Crippen LogP contribution in [0.1, 0.15) is 30.5 Å². The molecule has 6 heteroatoms. The van der Waals surface area contributed by atoms with E-state index in [1.54, 1.807) is 24.3 Å². The van der Waals surface area contributed by atoms with Gasteiger partial charge in [0.1, 0.15) is 11.5 Å². The predicted molar refractivity (Wildman–Crippen MR) is 116 cm³/mol. The van der Waals surface area contributed by atoms with Crippen molar-refractivity contribution < 1.29 is 19.4 Å². The van der Waals surface area contributed by atoms with E-state index in [9.17, 15) is 14.7 Å². The number of benzene rings is 2. The Balaban J connectivity index is 2.10. The number of hydrogen-bond donors (Lipinski definition) is 1. The van der Waals surface area contributed by atoms with Crippen LogP contribution in [0, 0.1) is 0 Å². The molecule has 0 radical (unpaired) electrons. The molecule has 0 aliphatic carbocycles. The van der Waals surface area contributed by atoms with Crippen LogP contribution in [0.25, 0.3) is 5.76 Å². The van der Waals surface area contributed by atoms with Crippen LogP contribution < -0.4 is 4.74 Å². The molecular weight excluding hydrogens is 380 g/mol. The first-order valence-corrected chi connectivity index (χ1v) is 10.1. The van der Waals surface area contributed by atoms with Gasteiger partial charge >= 0.3 is 0 Å². The van der Waals surface area contributed by atoms with E-state index in [1.165, 1.54) is 4.90 Å². The lowest BCUT2D eigenvalue weighted by Gasteiger charge is -2.27. The number of likely N-dealkylation sites (tertiary alicyclic amines) is 1. The topological polar surface area (TPSA) is 70.1 Å². The molecule has 2 aromatic carbocycles. The molecule has 1 aliphatic rings. The number of carbonyl (C=O) groups is 2. The van der Waals surface area contributed by atoms with Crippen molar-refractivity contribution in [2.24, 2.45) is 0 Å². The van der Waals surface area contributed by atoms with Gasteiger partial charge in [0.2, 0.25) is 0 Å². The van der Waals surface area contributed by atoms with Gasteiger partial charge in [0.05, 0.1) is 18.2 Å². The number of carbonyl (C=O) groups excluding carboxylic acids is 2. The van der Waals surface area contributed by atoms with Gasteiger partial charge in [0.15, 0.2) is 0 Å². The fraction of sp³-hybridized carbons (Fsp3) is 0.333. The molecule has 2 aromatic rings. The van der Waals surface area contributed by atoms with Crippen LogP contribution in [0.5, 0.6) is 5.75 Å². The van der Waals surface area contributed by atoms with Crippen LogP contribution in [0.4, 0.5) is 0 Å². The monoisotopic (exact) mass is 408 g/mol. The molecule has 0 unspecified atom stereocenters. The zero-order chi connectivity index (χ0) is 21.7. The molecule has 6 nitrogen and oxygen atoms in total. The van der Waals surface area contributed by atoms with Crippen LogP contribution in [-0.2, 0) is 9.59 Å². The molecule has 0 bridgehead atoms. The molecule has 3 rings (SSSR count). The van der Waals surface area contributed by atoms with E-state index in [-0.39, 0.29) is 11.3 Å². The largest absolute Gasteiger partial charge is 0.507 e. The lowest BCUT2D eigenvalue weighted by atomic mass is 9.95. The summed E-state index contributed by atoms with van der Waals surface area (Å²) in [7, 11) is 3.82. The number of hydrogen-bond acceptors (Lipinski definition) is 5. The fourth-order valence-electron chi connectivity index (χ4n) is 3.51. The van der Waals surface area contributed by atoms with Gasteiger partial charge in [-0.15, -0.1) is 0 Å². The average Bonchev–Trinajstić information content (AvgIpc) is 3.01. The van der Waals surface area contributed by atoms with E-state index in [0.29, 0.717) is 31.0 Å². The van der Waals surface area contributed by atoms with Crippen molar-refractivity contribution >= 4 is 17.4 Å². The number of likely N-dealkylation sites (N-methyl/N-ethyl adjacent to an activating group) is 1. The summed E-state index contributed by atoms with van der Waals surface area (Å²) in [5, 5.41) is 11.0. The smallest absolute Gasteiger partial charge is 0.295 e. The number of amides is 1. The van der Waals surface area contributed by atoms with Gasteiger partial charge < -0.3 is 19.6 Å². The molecule has 158 valence electrons. The Morgan fingerprint density at radius 3 is 2.50 bits per heavy atom. The highest BCUT2D eigenvalue weighted by atomic mass is 16.5. The fourth-order valence-corrected chi connectivity index (χ4v) is 3.51. The summed E-state index contributed by atoms with van der Waals surface area (Å²) in [6, 6.07) is 15.6. The van der Waals surface area contributed by atoms with E-state index in [2.05, 4.69) is 0 Å². The Labute approximate surface area is 177 Å². The molecule has 1 atom stereocenters. The third-order valence-corrected chi connectivity index (χ3v) is 5.02. The summed E-state index contributed by atoms with van der Waals surface area (Å²) >= 11 is 0. The van der Waals surface area contributed by atoms with Crippen molar-refractivity contribution in [2.75, 3.05) is 33.8 Å². The summed E-state index contributed by atoms with van der Waals surface area (Å²) in [6.45, 7) is 3.57. The second-order valence-electron chi connectivity index (χ2n) is 7.58. The number of Topliss-reactive ketones (excluding diaryl/α,β-unsaturated/α-hetero) is 1. The molecule has 1 saturated heterocycles. The maximum absolute atomic E-state index is 13.0. The molecule has 30 heavy (non-hydrogen) atoms. The van der Waals surface area contributed by atoms with Crippen molar-refractivity contribution in [2.45, 2.75) is 19.4 Å². The van der Waals surface area contributed by atoms with E-state index >= 15 is 0 Å². The number of aliphatic hydroxyl groups excluding tert-OH is 1. The van der Waals surface area contributed by atoms with Crippen LogP contribution in [-0.4, -0.2) is 60.4 Å². The van der Waals surface area contributed by atoms with Gasteiger partial charge in [-0.2, -0.15) is 0 Å². The standard InChI is InChI=1S/C24H28N2O4/c1-4-15-30-19-12-8-11-18(16-19)21-20(22(27)17-9-6-5-7-10-17)23(28)24(29)26(21)14-13-25(2)3/h5-12,16,21,27H,4,13-15H2,1-3H3/t21-/m0/s1. The maximum atomic E-state index is 13.0. The van der Waals surface area contributed by atoms with E-state index in [4.69, 9.17) is 4.74 Å². The van der Waals surface area contributed by atoms with Crippen LogP contribution in [0.2, 0.25) is 0 Å². The van der Waals surface area contributed by atoms with Crippen molar-refractivity contribution in [3.63, 3.8) is 0 Å². The van der Waals surface area contributed by atoms with Crippen LogP contribution in [0.3, 0.4) is 0 Å². The van der Waals surface area contributed by atoms with E-state index < -0.39 is 17.7 Å². The Morgan fingerprint density at radius 2 is 1.83 bits per heavy atom. The quantitative estimate of drug-likeness (QED) is 0.412. The minimum Gasteiger partial charge on any atom is -0.507 e. The van der Waals surface area contributed by atoms with Crippen LogP contribution >= 0.6 is 0 Å². The van der Waals surface area contributed by atoms with Gasteiger partial charge in [-0.05, 0) is 38.2 Å². The van der Waals surface area contributed by atoms with Crippen LogP contribution in [0.15, 0.2) is 60.2 Å². The molecular formula is C24H28N2O4. The Bertz CT molecular complexity index is 937. The SMILES string of the molecule is CCCOc1cccc([C@H]2C(=C(O)c3ccccc3)C(=O)C(=O)N2CCN(C)C)c1. The Hall–Kier alpha value is -3.12. The minimum absolute atomic E-state index is 0.109. The first-order valence-electron chi connectivity index (χ1n) is 10.1. The second-order valence-corrected chi connectivity index (χ2v) is 7.58. The molecule has 1 fully saturated rings. The molecule has 0 spiro atoms. The summed E-state index contributed by atoms with van der Waals surface area (Å²) in [5.74, 6) is -0.752. The highest BCUT2D eigenvalue weighted by Crippen LogP contribution is 2.40. The third kappa shape index (κ3) is 4.54. The summed E-state index contributed by atoms with van der Waals surface area (Å²) < 4.78 is 5.75. The lowest BCUT2D eigenvalue weighted by molar-refractivity contribution is -0.140. The van der Waals surface area contributed by atoms with Gasteiger partial charge in [-0.1, -0.05) is 49.4 Å². The van der Waals surface area contributed by atoms with Crippen molar-refractivity contribution in [1.82, 2.24) is 9.80 Å². The molecule has 1 heterocycles. The maximum Gasteiger partial charge on any atom is 0.295 e. The number of nitrogens with zero attached hydrogens (tertiary/aromatic N) is 2. The Kier molecular flexibility index (Phi) is 6.90. The molecule has 1 amide bonds. The van der Waals surface area contributed by atoms with Gasteiger partial charge in [-0.25, -0.2) is 0 Å². The summed E-state index contributed by atoms with van der Waals surface area (Å²) in [6.07, 6.45) is 0.875.